The molecule has 0 radical (unpaired) electrons. The van der Waals surface area contributed by atoms with Crippen molar-refractivity contribution in [2.24, 2.45) is 0 Å². The Labute approximate surface area is 126 Å². The molecule has 0 aliphatic heterocycles. The van der Waals surface area contributed by atoms with Gasteiger partial charge in [0.1, 0.15) is 6.54 Å². The predicted molar refractivity (Wildman–Crippen MR) is 74.7 cm³/mol. The third-order valence-corrected chi connectivity index (χ3v) is 4.26. The topological polar surface area (TPSA) is 58.2 Å². The first-order valence-electron chi connectivity index (χ1n) is 6.09. The summed E-state index contributed by atoms with van der Waals surface area (Å²) in [7, 11) is -4.23. The summed E-state index contributed by atoms with van der Waals surface area (Å²) in [5.41, 5.74) is 0.500. The molecule has 0 aliphatic carbocycles. The SMILES string of the molecule is CC(C)NCc1cc(S(=O)(=O)NCC(F)(F)F)ccc1Cl. The van der Waals surface area contributed by atoms with Gasteiger partial charge in [0, 0.05) is 17.6 Å². The largest absolute Gasteiger partial charge is 0.402 e. The van der Waals surface area contributed by atoms with E-state index >= 15 is 0 Å². The van der Waals surface area contributed by atoms with Crippen molar-refractivity contribution in [1.29, 1.82) is 0 Å². The van der Waals surface area contributed by atoms with Crippen LogP contribution >= 0.6 is 11.6 Å². The van der Waals surface area contributed by atoms with E-state index in [0.717, 1.165) is 0 Å². The van der Waals surface area contributed by atoms with Crippen molar-refractivity contribution in [3.63, 3.8) is 0 Å². The van der Waals surface area contributed by atoms with Gasteiger partial charge in [-0.3, -0.25) is 0 Å². The van der Waals surface area contributed by atoms with E-state index in [9.17, 15) is 21.6 Å². The molecule has 0 bridgehead atoms. The fraction of sp³-hybridized carbons (Fsp3) is 0.500. The third kappa shape index (κ3) is 6.21. The third-order valence-electron chi connectivity index (χ3n) is 2.49. The van der Waals surface area contributed by atoms with Gasteiger partial charge >= 0.3 is 6.18 Å². The molecule has 0 aromatic heterocycles. The maximum atomic E-state index is 12.1. The summed E-state index contributed by atoms with van der Waals surface area (Å²) >= 11 is 5.94. The average Bonchev–Trinajstić information content (AvgIpc) is 2.34. The highest BCUT2D eigenvalue weighted by molar-refractivity contribution is 7.89. The van der Waals surface area contributed by atoms with Crippen LogP contribution in [0.3, 0.4) is 0 Å². The molecule has 0 aliphatic rings. The Kier molecular flexibility index (Phi) is 6.03. The lowest BCUT2D eigenvalue weighted by Crippen LogP contribution is -2.33. The molecule has 0 amide bonds. The number of sulfonamides is 1. The molecule has 0 unspecified atom stereocenters. The number of benzene rings is 1. The van der Waals surface area contributed by atoms with Crippen molar-refractivity contribution in [2.75, 3.05) is 6.54 Å². The highest BCUT2D eigenvalue weighted by Gasteiger charge is 2.30. The van der Waals surface area contributed by atoms with Crippen LogP contribution in [0.4, 0.5) is 13.2 Å². The molecule has 0 heterocycles. The molecule has 0 fully saturated rings. The Morgan fingerprint density at radius 2 is 1.90 bits per heavy atom. The van der Waals surface area contributed by atoms with Gasteiger partial charge < -0.3 is 5.32 Å². The van der Waals surface area contributed by atoms with E-state index in [-0.39, 0.29) is 10.9 Å². The summed E-state index contributed by atoms with van der Waals surface area (Å²) in [6.45, 7) is 2.51. The van der Waals surface area contributed by atoms with E-state index in [1.54, 1.807) is 0 Å². The molecular formula is C12H16ClF3N2O2S. The van der Waals surface area contributed by atoms with Gasteiger partial charge in [0.15, 0.2) is 0 Å². The number of alkyl halides is 3. The number of halogens is 4. The molecule has 21 heavy (non-hydrogen) atoms. The summed E-state index contributed by atoms with van der Waals surface area (Å²) in [5, 5.41) is 3.40. The zero-order chi connectivity index (χ0) is 16.3. The van der Waals surface area contributed by atoms with Crippen LogP contribution < -0.4 is 10.0 Å². The number of hydrogen-bond acceptors (Lipinski definition) is 3. The smallest absolute Gasteiger partial charge is 0.310 e. The van der Waals surface area contributed by atoms with E-state index in [4.69, 9.17) is 11.6 Å². The molecule has 1 aromatic rings. The van der Waals surface area contributed by atoms with Crippen molar-refractivity contribution < 1.29 is 21.6 Å². The van der Waals surface area contributed by atoms with Gasteiger partial charge in [0.2, 0.25) is 10.0 Å². The Morgan fingerprint density at radius 1 is 1.29 bits per heavy atom. The highest BCUT2D eigenvalue weighted by atomic mass is 35.5. The predicted octanol–water partition coefficient (Wildman–Crippen LogP) is 2.68. The van der Waals surface area contributed by atoms with Gasteiger partial charge in [-0.25, -0.2) is 13.1 Å². The zero-order valence-corrected chi connectivity index (χ0v) is 13.0. The molecule has 1 rings (SSSR count). The fourth-order valence-electron chi connectivity index (χ4n) is 1.43. The average molecular weight is 345 g/mol. The van der Waals surface area contributed by atoms with Gasteiger partial charge in [-0.2, -0.15) is 13.2 Å². The van der Waals surface area contributed by atoms with E-state index in [1.165, 1.54) is 22.9 Å². The summed E-state index contributed by atoms with van der Waals surface area (Å²) < 4.78 is 61.4. The van der Waals surface area contributed by atoms with Crippen LogP contribution in [0.1, 0.15) is 19.4 Å². The Hall–Kier alpha value is -0.830. The van der Waals surface area contributed by atoms with E-state index in [1.807, 2.05) is 13.8 Å². The van der Waals surface area contributed by atoms with E-state index in [2.05, 4.69) is 5.32 Å². The Bertz CT molecular complexity index is 589. The minimum Gasteiger partial charge on any atom is -0.310 e. The maximum Gasteiger partial charge on any atom is 0.402 e. The minimum absolute atomic E-state index is 0.157. The van der Waals surface area contributed by atoms with Gasteiger partial charge in [0.05, 0.1) is 4.90 Å². The van der Waals surface area contributed by atoms with Crippen LogP contribution in [0.15, 0.2) is 23.1 Å². The second-order valence-electron chi connectivity index (χ2n) is 4.73. The summed E-state index contributed by atoms with van der Waals surface area (Å²) in [6.07, 6.45) is -4.61. The van der Waals surface area contributed by atoms with Crippen LogP contribution in [0.5, 0.6) is 0 Å². The molecule has 0 saturated carbocycles. The van der Waals surface area contributed by atoms with Gasteiger partial charge in [-0.05, 0) is 23.8 Å². The fourth-order valence-corrected chi connectivity index (χ4v) is 2.68. The first-order chi connectivity index (χ1) is 9.51. The monoisotopic (exact) mass is 344 g/mol. The molecule has 120 valence electrons. The van der Waals surface area contributed by atoms with Crippen LogP contribution in [0.2, 0.25) is 5.02 Å². The van der Waals surface area contributed by atoms with E-state index in [0.29, 0.717) is 17.1 Å². The summed E-state index contributed by atoms with van der Waals surface area (Å²) in [6, 6.07) is 3.93. The van der Waals surface area contributed by atoms with Crippen molar-refractivity contribution in [3.05, 3.63) is 28.8 Å². The molecule has 1 aromatic carbocycles. The van der Waals surface area contributed by atoms with Gasteiger partial charge in [0.25, 0.3) is 0 Å². The molecule has 2 N–H and O–H groups in total. The van der Waals surface area contributed by atoms with Crippen LogP contribution in [-0.4, -0.2) is 27.2 Å². The second kappa shape index (κ2) is 6.95. The van der Waals surface area contributed by atoms with Crippen molar-refractivity contribution in [3.8, 4) is 0 Å². The van der Waals surface area contributed by atoms with Gasteiger partial charge in [-0.15, -0.1) is 0 Å². The quantitative estimate of drug-likeness (QED) is 0.834. The molecular weight excluding hydrogens is 329 g/mol. The van der Waals surface area contributed by atoms with E-state index < -0.39 is 22.7 Å². The highest BCUT2D eigenvalue weighted by Crippen LogP contribution is 2.21. The number of nitrogens with one attached hydrogen (secondary N) is 2. The number of rotatable bonds is 6. The first-order valence-corrected chi connectivity index (χ1v) is 7.95. The maximum absolute atomic E-state index is 12.1. The normalized spacial score (nSPS) is 12.9. The zero-order valence-electron chi connectivity index (χ0n) is 11.5. The van der Waals surface area contributed by atoms with Gasteiger partial charge in [-0.1, -0.05) is 25.4 Å². The molecule has 0 atom stereocenters. The van der Waals surface area contributed by atoms with Crippen LogP contribution in [-0.2, 0) is 16.6 Å². The lowest BCUT2D eigenvalue weighted by atomic mass is 10.2. The molecule has 0 spiro atoms. The second-order valence-corrected chi connectivity index (χ2v) is 6.90. The standard InChI is InChI=1S/C12H16ClF3N2O2S/c1-8(2)17-6-9-5-10(3-4-11(9)13)21(19,20)18-7-12(14,15)16/h3-5,8,17-18H,6-7H2,1-2H3. The summed E-state index contributed by atoms with van der Waals surface area (Å²) in [4.78, 5) is -0.253. The lowest BCUT2D eigenvalue weighted by Gasteiger charge is -2.13. The van der Waals surface area contributed by atoms with Crippen molar-refractivity contribution in [1.82, 2.24) is 10.0 Å². The Balaban J connectivity index is 2.94. The van der Waals surface area contributed by atoms with Crippen molar-refractivity contribution >= 4 is 21.6 Å². The Morgan fingerprint density at radius 3 is 2.43 bits per heavy atom. The molecule has 0 saturated heterocycles. The molecule has 9 heteroatoms. The number of hydrogen-bond donors (Lipinski definition) is 2. The lowest BCUT2D eigenvalue weighted by molar-refractivity contribution is -0.121. The molecule has 4 nitrogen and oxygen atoms in total. The summed E-state index contributed by atoms with van der Waals surface area (Å²) in [5.74, 6) is 0. The van der Waals surface area contributed by atoms with Crippen molar-refractivity contribution in [2.45, 2.75) is 37.5 Å². The van der Waals surface area contributed by atoms with Crippen LogP contribution in [0, 0.1) is 0 Å². The van der Waals surface area contributed by atoms with Crippen LogP contribution in [0.25, 0.3) is 0 Å². The minimum atomic E-state index is -4.61. The first kappa shape index (κ1) is 18.2.